The van der Waals surface area contributed by atoms with Crippen LogP contribution in [0.15, 0.2) is 60.7 Å². The number of carbonyl (C=O) groups is 4. The van der Waals surface area contributed by atoms with Crippen LogP contribution in [0.4, 0.5) is 9.59 Å². The number of alkyl carbamates (subject to hydrolysis) is 1. The molecule has 2 atom stereocenters. The lowest BCUT2D eigenvalue weighted by Gasteiger charge is -2.22. The number of hydrogen-bond acceptors (Lipinski definition) is 8. The van der Waals surface area contributed by atoms with Crippen LogP contribution < -0.4 is 27.0 Å². The van der Waals surface area contributed by atoms with E-state index in [1.807, 2.05) is 60.7 Å². The molecule has 0 aliphatic heterocycles. The monoisotopic (exact) mass is 669 g/mol. The maximum Gasteiger partial charge on any atom is 0.410 e. The molecule has 1 unspecified atom stereocenters. The van der Waals surface area contributed by atoms with Gasteiger partial charge in [-0.05, 0) is 56.6 Å². The zero-order valence-electron chi connectivity index (χ0n) is 27.7. The lowest BCUT2D eigenvalue weighted by molar-refractivity contribution is -0.129. The minimum Gasteiger partial charge on any atom is -0.445 e. The fraction of sp³-hybridized carbons (Fsp3) is 0.500. The maximum atomic E-state index is 12.9. The summed E-state index contributed by atoms with van der Waals surface area (Å²) in [5.41, 5.74) is 6.97. The first-order valence-electron chi connectivity index (χ1n) is 16.4. The zero-order valence-corrected chi connectivity index (χ0v) is 27.7. The second-order valence-corrected chi connectivity index (χ2v) is 11.4. The molecule has 14 nitrogen and oxygen atoms in total. The number of carbonyl (C=O) groups excluding carboxylic acids is 4. The number of nitrogens with one attached hydrogen (secondary N) is 5. The molecule has 0 spiro atoms. The molecule has 2 aromatic carbocycles. The highest BCUT2D eigenvalue weighted by atomic mass is 16.6. The Morgan fingerprint density at radius 2 is 1.35 bits per heavy atom. The van der Waals surface area contributed by atoms with Gasteiger partial charge in [0.2, 0.25) is 11.8 Å². The fourth-order valence-electron chi connectivity index (χ4n) is 4.54. The van der Waals surface area contributed by atoms with Crippen LogP contribution in [0.5, 0.6) is 0 Å². The number of guanidine groups is 1. The van der Waals surface area contributed by atoms with E-state index in [2.05, 4.69) is 21.3 Å². The highest BCUT2D eigenvalue weighted by Crippen LogP contribution is 2.07. The Bertz CT molecular complexity index is 1250. The van der Waals surface area contributed by atoms with Crippen molar-refractivity contribution in [3.8, 4) is 0 Å². The first-order chi connectivity index (χ1) is 23.1. The van der Waals surface area contributed by atoms with Gasteiger partial charge < -0.3 is 46.5 Å². The highest BCUT2D eigenvalue weighted by molar-refractivity contribution is 5.87. The van der Waals surface area contributed by atoms with Gasteiger partial charge in [0, 0.05) is 32.7 Å². The number of aliphatic hydroxyl groups is 1. The molecule has 0 saturated heterocycles. The molecule has 0 saturated carbocycles. The summed E-state index contributed by atoms with van der Waals surface area (Å²) in [6.45, 7) is 3.79. The third-order valence-electron chi connectivity index (χ3n) is 7.18. The molecular weight excluding hydrogens is 618 g/mol. The SMILES string of the molecule is C[C@H](NC(=O)CC(O)CCCCNC(=N)N)C(=O)NCCCCN(CCCNC(=O)OCc1ccccc1)C(=O)OCc1ccccc1. The summed E-state index contributed by atoms with van der Waals surface area (Å²) < 4.78 is 10.7. The van der Waals surface area contributed by atoms with Gasteiger partial charge in [0.05, 0.1) is 12.5 Å². The molecule has 14 heteroatoms. The third kappa shape index (κ3) is 18.3. The lowest BCUT2D eigenvalue weighted by atomic mass is 10.1. The largest absolute Gasteiger partial charge is 0.445 e. The standard InChI is InChI=1S/C34H51N7O7/c1-26(40-30(43)23-29(42)17-8-9-19-38-32(35)36)31(44)37-18-10-11-21-41(34(46)48-25-28-15-6-3-7-16-28)22-12-20-39-33(45)47-24-27-13-4-2-5-14-27/h2-7,13-16,26,29,42H,8-12,17-25H2,1H3,(H,37,44)(H,39,45)(H,40,43)(H4,35,36,38)/t26-,29?/m0/s1. The van der Waals surface area contributed by atoms with Gasteiger partial charge in [-0.15, -0.1) is 0 Å². The number of nitrogens with two attached hydrogens (primary N) is 1. The number of nitrogens with zero attached hydrogens (tertiary/aromatic N) is 1. The molecule has 0 aromatic heterocycles. The molecule has 8 N–H and O–H groups in total. The van der Waals surface area contributed by atoms with E-state index in [1.165, 1.54) is 0 Å². The van der Waals surface area contributed by atoms with E-state index in [-0.39, 0.29) is 31.5 Å². The normalized spacial score (nSPS) is 11.8. The molecule has 2 rings (SSSR count). The van der Waals surface area contributed by atoms with Crippen molar-refractivity contribution in [3.63, 3.8) is 0 Å². The van der Waals surface area contributed by atoms with Gasteiger partial charge >= 0.3 is 12.2 Å². The minimum absolute atomic E-state index is 0.108. The van der Waals surface area contributed by atoms with E-state index >= 15 is 0 Å². The number of amides is 4. The Kier molecular flexibility index (Phi) is 19.2. The van der Waals surface area contributed by atoms with Crippen LogP contribution in [0.1, 0.15) is 63.0 Å². The molecule has 0 aliphatic carbocycles. The van der Waals surface area contributed by atoms with Crippen molar-refractivity contribution in [2.45, 2.75) is 77.2 Å². The van der Waals surface area contributed by atoms with Gasteiger partial charge in [0.15, 0.2) is 5.96 Å². The number of ether oxygens (including phenoxy) is 2. The Labute approximate surface area is 282 Å². The topological polar surface area (TPSA) is 208 Å². The molecule has 0 radical (unpaired) electrons. The van der Waals surface area contributed by atoms with Crippen LogP contribution in [0.25, 0.3) is 0 Å². The molecule has 0 heterocycles. The zero-order chi connectivity index (χ0) is 35.0. The van der Waals surface area contributed by atoms with Gasteiger partial charge in [0.1, 0.15) is 19.3 Å². The Morgan fingerprint density at radius 1 is 0.792 bits per heavy atom. The smallest absolute Gasteiger partial charge is 0.410 e. The molecule has 4 amide bonds. The Morgan fingerprint density at radius 3 is 2.00 bits per heavy atom. The molecule has 0 fully saturated rings. The summed E-state index contributed by atoms with van der Waals surface area (Å²) >= 11 is 0. The molecular formula is C34H51N7O7. The van der Waals surface area contributed by atoms with E-state index in [9.17, 15) is 24.3 Å². The predicted octanol–water partition coefficient (Wildman–Crippen LogP) is 2.75. The molecule has 48 heavy (non-hydrogen) atoms. The van der Waals surface area contributed by atoms with E-state index in [1.54, 1.807) is 11.8 Å². The average molecular weight is 670 g/mol. The number of aliphatic hydroxyl groups excluding tert-OH is 1. The summed E-state index contributed by atoms with van der Waals surface area (Å²) in [7, 11) is 0. The second-order valence-electron chi connectivity index (χ2n) is 11.4. The summed E-state index contributed by atoms with van der Waals surface area (Å²) in [4.78, 5) is 51.3. The highest BCUT2D eigenvalue weighted by Gasteiger charge is 2.18. The molecule has 2 aromatic rings. The van der Waals surface area contributed by atoms with E-state index in [4.69, 9.17) is 20.6 Å². The summed E-state index contributed by atoms with van der Waals surface area (Å²) in [6, 6.07) is 17.9. The van der Waals surface area contributed by atoms with Crippen LogP contribution in [0.2, 0.25) is 0 Å². The van der Waals surface area contributed by atoms with Gasteiger partial charge in [-0.2, -0.15) is 0 Å². The average Bonchev–Trinajstić information content (AvgIpc) is 3.07. The summed E-state index contributed by atoms with van der Waals surface area (Å²) in [5, 5.41) is 28.0. The predicted molar refractivity (Wildman–Crippen MR) is 182 cm³/mol. The number of benzene rings is 2. The van der Waals surface area contributed by atoms with E-state index < -0.39 is 30.2 Å². The first kappa shape index (κ1) is 39.3. The van der Waals surface area contributed by atoms with Crippen molar-refractivity contribution in [1.82, 2.24) is 26.2 Å². The quantitative estimate of drug-likeness (QED) is 0.0558. The van der Waals surface area contributed by atoms with Crippen molar-refractivity contribution in [2.24, 2.45) is 5.73 Å². The lowest BCUT2D eigenvalue weighted by Crippen LogP contribution is -2.45. The van der Waals surface area contributed by atoms with Crippen molar-refractivity contribution in [3.05, 3.63) is 71.8 Å². The van der Waals surface area contributed by atoms with Gasteiger partial charge in [-0.1, -0.05) is 60.7 Å². The fourth-order valence-corrected chi connectivity index (χ4v) is 4.54. The van der Waals surface area contributed by atoms with E-state index in [0.717, 1.165) is 11.1 Å². The molecule has 0 aliphatic rings. The Balaban J connectivity index is 1.69. The van der Waals surface area contributed by atoms with Crippen LogP contribution in [-0.4, -0.2) is 84.8 Å². The second kappa shape index (κ2) is 23.5. The Hall–Kier alpha value is -4.85. The van der Waals surface area contributed by atoms with Gasteiger partial charge in [-0.25, -0.2) is 9.59 Å². The number of hydrogen-bond donors (Lipinski definition) is 7. The molecule has 264 valence electrons. The van der Waals surface area contributed by atoms with Crippen LogP contribution >= 0.6 is 0 Å². The van der Waals surface area contributed by atoms with Crippen molar-refractivity contribution < 1.29 is 33.8 Å². The van der Waals surface area contributed by atoms with Gasteiger partial charge in [-0.3, -0.25) is 15.0 Å². The van der Waals surface area contributed by atoms with Crippen molar-refractivity contribution >= 4 is 30.0 Å². The maximum absolute atomic E-state index is 12.9. The number of unbranched alkanes of at least 4 members (excludes halogenated alkanes) is 2. The number of rotatable bonds is 22. The van der Waals surface area contributed by atoms with Gasteiger partial charge in [0.25, 0.3) is 0 Å². The van der Waals surface area contributed by atoms with Crippen molar-refractivity contribution in [1.29, 1.82) is 5.41 Å². The minimum atomic E-state index is -0.829. The first-order valence-corrected chi connectivity index (χ1v) is 16.4. The third-order valence-corrected chi connectivity index (χ3v) is 7.18. The summed E-state index contributed by atoms with van der Waals surface area (Å²) in [6.07, 6.45) is 1.48. The van der Waals surface area contributed by atoms with Crippen LogP contribution in [-0.2, 0) is 32.3 Å². The molecule has 0 bridgehead atoms. The summed E-state index contributed by atoms with van der Waals surface area (Å²) in [5.74, 6) is -0.878. The van der Waals surface area contributed by atoms with Crippen LogP contribution in [0, 0.1) is 5.41 Å². The van der Waals surface area contributed by atoms with E-state index in [0.29, 0.717) is 71.2 Å². The van der Waals surface area contributed by atoms with Crippen LogP contribution in [0.3, 0.4) is 0 Å². The van der Waals surface area contributed by atoms with Crippen molar-refractivity contribution in [2.75, 3.05) is 32.7 Å².